The van der Waals surface area contributed by atoms with E-state index in [1.54, 1.807) is 0 Å². The standard InChI is InChI=1S/C17H22ClN3/c1-3-10-19-17-9-5-8-16(20-17)13-21(2)12-14-6-4-7-15(18)11-14/h4-9,11H,3,10,12-13H2,1-2H3,(H,19,20). The third-order valence-electron chi connectivity index (χ3n) is 3.14. The molecule has 1 heterocycles. The number of nitrogens with zero attached hydrogens (tertiary/aromatic N) is 2. The second-order valence-corrected chi connectivity index (χ2v) is 5.68. The molecule has 0 bridgehead atoms. The highest BCUT2D eigenvalue weighted by Gasteiger charge is 2.04. The molecule has 0 aliphatic rings. The van der Waals surface area contributed by atoms with Gasteiger partial charge in [-0.3, -0.25) is 4.90 Å². The molecule has 0 saturated heterocycles. The van der Waals surface area contributed by atoms with E-state index in [-0.39, 0.29) is 0 Å². The minimum absolute atomic E-state index is 0.782. The fourth-order valence-electron chi connectivity index (χ4n) is 2.20. The topological polar surface area (TPSA) is 28.2 Å². The normalized spacial score (nSPS) is 10.9. The van der Waals surface area contributed by atoms with Gasteiger partial charge in [-0.2, -0.15) is 0 Å². The molecule has 0 aliphatic heterocycles. The maximum absolute atomic E-state index is 6.02. The van der Waals surface area contributed by atoms with Crippen LogP contribution in [0.4, 0.5) is 5.82 Å². The van der Waals surface area contributed by atoms with Gasteiger partial charge in [0.1, 0.15) is 5.82 Å². The van der Waals surface area contributed by atoms with Gasteiger partial charge in [0.15, 0.2) is 0 Å². The average molecular weight is 304 g/mol. The number of pyridine rings is 1. The zero-order valence-corrected chi connectivity index (χ0v) is 13.4. The van der Waals surface area contributed by atoms with Crippen molar-refractivity contribution in [2.45, 2.75) is 26.4 Å². The van der Waals surface area contributed by atoms with Crippen LogP contribution < -0.4 is 5.32 Å². The van der Waals surface area contributed by atoms with E-state index in [9.17, 15) is 0 Å². The zero-order valence-electron chi connectivity index (χ0n) is 12.6. The summed E-state index contributed by atoms with van der Waals surface area (Å²) in [4.78, 5) is 6.86. The van der Waals surface area contributed by atoms with Crippen molar-refractivity contribution in [1.82, 2.24) is 9.88 Å². The number of anilines is 1. The van der Waals surface area contributed by atoms with Gasteiger partial charge in [-0.25, -0.2) is 4.98 Å². The molecule has 0 aliphatic carbocycles. The summed E-state index contributed by atoms with van der Waals surface area (Å²) in [5, 5.41) is 4.10. The van der Waals surface area contributed by atoms with E-state index in [1.165, 1.54) is 5.56 Å². The van der Waals surface area contributed by atoms with E-state index in [1.807, 2.05) is 30.3 Å². The molecule has 2 aromatic rings. The fourth-order valence-corrected chi connectivity index (χ4v) is 2.41. The Bertz CT molecular complexity index is 571. The summed E-state index contributed by atoms with van der Waals surface area (Å²) in [6.45, 7) is 4.77. The minimum Gasteiger partial charge on any atom is -0.370 e. The Morgan fingerprint density at radius 2 is 1.95 bits per heavy atom. The largest absolute Gasteiger partial charge is 0.370 e. The fraction of sp³-hybridized carbons (Fsp3) is 0.353. The van der Waals surface area contributed by atoms with E-state index in [4.69, 9.17) is 11.6 Å². The van der Waals surface area contributed by atoms with Crippen LogP contribution in [0, 0.1) is 0 Å². The Kier molecular flexibility index (Phi) is 6.03. The third-order valence-corrected chi connectivity index (χ3v) is 3.37. The first-order valence-corrected chi connectivity index (χ1v) is 7.68. The van der Waals surface area contributed by atoms with Crippen molar-refractivity contribution in [2.24, 2.45) is 0 Å². The molecule has 21 heavy (non-hydrogen) atoms. The van der Waals surface area contributed by atoms with Crippen LogP contribution >= 0.6 is 11.6 Å². The lowest BCUT2D eigenvalue weighted by molar-refractivity contribution is 0.315. The first kappa shape index (κ1) is 15.8. The van der Waals surface area contributed by atoms with Gasteiger partial charge in [0.25, 0.3) is 0 Å². The van der Waals surface area contributed by atoms with Gasteiger partial charge in [-0.1, -0.05) is 36.7 Å². The highest BCUT2D eigenvalue weighted by molar-refractivity contribution is 6.30. The van der Waals surface area contributed by atoms with E-state index >= 15 is 0 Å². The number of benzene rings is 1. The van der Waals surface area contributed by atoms with Crippen LogP contribution in [-0.4, -0.2) is 23.5 Å². The first-order chi connectivity index (χ1) is 10.2. The third kappa shape index (κ3) is 5.37. The molecule has 1 aromatic heterocycles. The molecule has 0 atom stereocenters. The van der Waals surface area contributed by atoms with Crippen LogP contribution in [-0.2, 0) is 13.1 Å². The zero-order chi connectivity index (χ0) is 15.1. The predicted octanol–water partition coefficient (Wildman–Crippen LogP) is 4.19. The summed E-state index contributed by atoms with van der Waals surface area (Å²) >= 11 is 6.02. The monoisotopic (exact) mass is 303 g/mol. The second kappa shape index (κ2) is 8.01. The van der Waals surface area contributed by atoms with Crippen LogP contribution in [0.15, 0.2) is 42.5 Å². The van der Waals surface area contributed by atoms with Crippen molar-refractivity contribution < 1.29 is 0 Å². The van der Waals surface area contributed by atoms with Crippen LogP contribution in [0.25, 0.3) is 0 Å². The number of hydrogen-bond acceptors (Lipinski definition) is 3. The molecule has 0 radical (unpaired) electrons. The Labute approximate surface area is 132 Å². The summed E-state index contributed by atoms with van der Waals surface area (Å²) in [5.41, 5.74) is 2.28. The van der Waals surface area contributed by atoms with Crippen LogP contribution in [0.3, 0.4) is 0 Å². The Hall–Kier alpha value is -1.58. The summed E-state index contributed by atoms with van der Waals surface area (Å²) in [6.07, 6.45) is 1.10. The van der Waals surface area contributed by atoms with Crippen molar-refractivity contribution in [3.8, 4) is 0 Å². The van der Waals surface area contributed by atoms with Crippen LogP contribution in [0.1, 0.15) is 24.6 Å². The Morgan fingerprint density at radius 1 is 1.14 bits per heavy atom. The molecule has 4 heteroatoms. The predicted molar refractivity (Wildman–Crippen MR) is 89.6 cm³/mol. The van der Waals surface area contributed by atoms with Gasteiger partial charge >= 0.3 is 0 Å². The summed E-state index contributed by atoms with van der Waals surface area (Å²) in [7, 11) is 2.09. The van der Waals surface area contributed by atoms with E-state index in [2.05, 4.69) is 41.3 Å². The van der Waals surface area contributed by atoms with E-state index in [0.29, 0.717) is 0 Å². The van der Waals surface area contributed by atoms with Crippen molar-refractivity contribution >= 4 is 17.4 Å². The first-order valence-electron chi connectivity index (χ1n) is 7.30. The SMILES string of the molecule is CCCNc1cccc(CN(C)Cc2cccc(Cl)c2)n1. The quantitative estimate of drug-likeness (QED) is 0.831. The molecule has 1 aromatic carbocycles. The number of rotatable bonds is 7. The molecule has 0 fully saturated rings. The van der Waals surface area contributed by atoms with Crippen molar-refractivity contribution in [3.05, 3.63) is 58.7 Å². The van der Waals surface area contributed by atoms with Gasteiger partial charge < -0.3 is 5.32 Å². The van der Waals surface area contributed by atoms with E-state index < -0.39 is 0 Å². The Balaban J connectivity index is 1.94. The van der Waals surface area contributed by atoms with Gasteiger partial charge in [0.05, 0.1) is 5.69 Å². The molecule has 1 N–H and O–H groups in total. The smallest absolute Gasteiger partial charge is 0.126 e. The number of halogens is 1. The summed E-state index contributed by atoms with van der Waals surface area (Å²) < 4.78 is 0. The van der Waals surface area contributed by atoms with Crippen molar-refractivity contribution in [2.75, 3.05) is 18.9 Å². The lowest BCUT2D eigenvalue weighted by Crippen LogP contribution is -2.18. The molecular formula is C17H22ClN3. The maximum Gasteiger partial charge on any atom is 0.126 e. The second-order valence-electron chi connectivity index (χ2n) is 5.24. The van der Waals surface area contributed by atoms with Crippen molar-refractivity contribution in [1.29, 1.82) is 0 Å². The van der Waals surface area contributed by atoms with Crippen LogP contribution in [0.2, 0.25) is 5.02 Å². The average Bonchev–Trinajstić information content (AvgIpc) is 2.45. The lowest BCUT2D eigenvalue weighted by Gasteiger charge is -2.17. The molecular weight excluding hydrogens is 282 g/mol. The number of hydrogen-bond donors (Lipinski definition) is 1. The number of aromatic nitrogens is 1. The number of nitrogens with one attached hydrogen (secondary N) is 1. The molecule has 0 amide bonds. The molecule has 0 saturated carbocycles. The highest BCUT2D eigenvalue weighted by Crippen LogP contribution is 2.13. The molecule has 0 spiro atoms. The molecule has 0 unspecified atom stereocenters. The van der Waals surface area contributed by atoms with Gasteiger partial charge in [-0.05, 0) is 43.3 Å². The maximum atomic E-state index is 6.02. The van der Waals surface area contributed by atoms with E-state index in [0.717, 1.165) is 42.6 Å². The van der Waals surface area contributed by atoms with Crippen molar-refractivity contribution in [3.63, 3.8) is 0 Å². The van der Waals surface area contributed by atoms with Crippen LogP contribution in [0.5, 0.6) is 0 Å². The van der Waals surface area contributed by atoms with Gasteiger partial charge in [-0.15, -0.1) is 0 Å². The summed E-state index contributed by atoms with van der Waals surface area (Å²) in [6, 6.07) is 14.1. The Morgan fingerprint density at radius 3 is 2.71 bits per heavy atom. The highest BCUT2D eigenvalue weighted by atomic mass is 35.5. The minimum atomic E-state index is 0.782. The molecule has 2 rings (SSSR count). The lowest BCUT2D eigenvalue weighted by atomic mass is 10.2. The van der Waals surface area contributed by atoms with Gasteiger partial charge in [0.2, 0.25) is 0 Å². The molecule has 3 nitrogen and oxygen atoms in total. The summed E-state index contributed by atoms with van der Waals surface area (Å²) in [5.74, 6) is 0.950. The van der Waals surface area contributed by atoms with Gasteiger partial charge in [0, 0.05) is 24.7 Å². The molecule has 112 valence electrons.